The predicted molar refractivity (Wildman–Crippen MR) is 61.0 cm³/mol. The highest BCUT2D eigenvalue weighted by molar-refractivity contribution is 7.11. The van der Waals surface area contributed by atoms with E-state index in [0.29, 0.717) is 22.8 Å². The fourth-order valence-electron chi connectivity index (χ4n) is 1.17. The van der Waals surface area contributed by atoms with E-state index < -0.39 is 11.2 Å². The van der Waals surface area contributed by atoms with E-state index >= 15 is 0 Å². The molecule has 3 nitrogen and oxygen atoms in total. The van der Waals surface area contributed by atoms with Gasteiger partial charge in [-0.15, -0.1) is 10.2 Å². The van der Waals surface area contributed by atoms with Crippen LogP contribution in [0, 0.1) is 0 Å². The summed E-state index contributed by atoms with van der Waals surface area (Å²) < 4.78 is 36.7. The number of nitrogens with one attached hydrogen (secondary N) is 1. The molecule has 17 heavy (non-hydrogen) atoms. The molecule has 1 aromatic heterocycles. The molecule has 0 aliphatic rings. The van der Waals surface area contributed by atoms with E-state index in [2.05, 4.69) is 15.5 Å². The van der Waals surface area contributed by atoms with Gasteiger partial charge in [0.15, 0.2) is 0 Å². The van der Waals surface area contributed by atoms with Crippen LogP contribution in [-0.4, -0.2) is 22.3 Å². The molecule has 0 unspecified atom stereocenters. The zero-order valence-corrected chi connectivity index (χ0v) is 10.9. The molecule has 0 fully saturated rings. The summed E-state index contributed by atoms with van der Waals surface area (Å²) in [5.74, 6) is 0. The Bertz CT molecular complexity index is 354. The monoisotopic (exact) mass is 267 g/mol. The maximum absolute atomic E-state index is 12.2. The first kappa shape index (κ1) is 14.4. The summed E-state index contributed by atoms with van der Waals surface area (Å²) in [5, 5.41) is 9.51. The first-order valence-corrected chi connectivity index (χ1v) is 6.15. The first-order chi connectivity index (χ1) is 7.68. The van der Waals surface area contributed by atoms with Gasteiger partial charge in [-0.3, -0.25) is 0 Å². The van der Waals surface area contributed by atoms with Crippen LogP contribution < -0.4 is 5.32 Å². The van der Waals surface area contributed by atoms with Crippen molar-refractivity contribution in [3.05, 3.63) is 10.0 Å². The lowest BCUT2D eigenvalue weighted by molar-refractivity contribution is -0.138. The SMILES string of the molecule is CC(C)(C)NCCCc1nnc(C(F)(F)F)s1. The average Bonchev–Trinajstić information content (AvgIpc) is 2.58. The summed E-state index contributed by atoms with van der Waals surface area (Å²) in [7, 11) is 0. The average molecular weight is 267 g/mol. The molecule has 1 aromatic rings. The van der Waals surface area contributed by atoms with Crippen LogP contribution in [0.25, 0.3) is 0 Å². The highest BCUT2D eigenvalue weighted by Gasteiger charge is 2.35. The van der Waals surface area contributed by atoms with E-state index in [1.165, 1.54) is 0 Å². The van der Waals surface area contributed by atoms with E-state index in [1.54, 1.807) is 0 Å². The largest absolute Gasteiger partial charge is 0.445 e. The lowest BCUT2D eigenvalue weighted by atomic mass is 10.1. The molecule has 0 radical (unpaired) electrons. The molecule has 7 heteroatoms. The molecular weight excluding hydrogens is 251 g/mol. The van der Waals surface area contributed by atoms with E-state index in [9.17, 15) is 13.2 Å². The van der Waals surface area contributed by atoms with Crippen LogP contribution >= 0.6 is 11.3 Å². The second-order valence-electron chi connectivity index (χ2n) is 4.78. The maximum atomic E-state index is 12.2. The Morgan fingerprint density at radius 3 is 2.29 bits per heavy atom. The number of aromatic nitrogens is 2. The molecule has 0 aliphatic heterocycles. The Morgan fingerprint density at radius 2 is 1.82 bits per heavy atom. The number of nitrogens with zero attached hydrogens (tertiary/aromatic N) is 2. The summed E-state index contributed by atoms with van der Waals surface area (Å²) in [5.41, 5.74) is 0.0260. The van der Waals surface area contributed by atoms with Crippen LogP contribution in [0.3, 0.4) is 0 Å². The van der Waals surface area contributed by atoms with E-state index in [1.807, 2.05) is 20.8 Å². The number of aryl methyl sites for hydroxylation is 1. The summed E-state index contributed by atoms with van der Waals surface area (Å²) >= 11 is 0.623. The third-order valence-corrected chi connectivity index (χ3v) is 2.96. The van der Waals surface area contributed by atoms with Gasteiger partial charge >= 0.3 is 6.18 Å². The smallest absolute Gasteiger partial charge is 0.312 e. The fraction of sp³-hybridized carbons (Fsp3) is 0.800. The number of rotatable bonds is 4. The number of hydrogen-bond acceptors (Lipinski definition) is 4. The van der Waals surface area contributed by atoms with Crippen LogP contribution in [-0.2, 0) is 12.6 Å². The van der Waals surface area contributed by atoms with Crippen molar-refractivity contribution in [1.29, 1.82) is 0 Å². The third-order valence-electron chi connectivity index (χ3n) is 1.93. The van der Waals surface area contributed by atoms with Gasteiger partial charge in [0.05, 0.1) is 0 Å². The highest BCUT2D eigenvalue weighted by Crippen LogP contribution is 2.31. The van der Waals surface area contributed by atoms with Crippen LogP contribution in [0.15, 0.2) is 0 Å². The van der Waals surface area contributed by atoms with E-state index in [0.717, 1.165) is 13.0 Å². The minimum absolute atomic E-state index is 0.0260. The first-order valence-electron chi connectivity index (χ1n) is 5.33. The predicted octanol–water partition coefficient (Wildman–Crippen LogP) is 2.88. The molecule has 1 rings (SSSR count). The molecule has 0 saturated heterocycles. The zero-order chi connectivity index (χ0) is 13.1. The summed E-state index contributed by atoms with van der Waals surface area (Å²) in [6, 6.07) is 0. The van der Waals surface area contributed by atoms with Gasteiger partial charge in [0.25, 0.3) is 0 Å². The van der Waals surface area contributed by atoms with Crippen molar-refractivity contribution >= 4 is 11.3 Å². The van der Waals surface area contributed by atoms with Gasteiger partial charge in [-0.2, -0.15) is 13.2 Å². The minimum atomic E-state index is -4.38. The lowest BCUT2D eigenvalue weighted by Crippen LogP contribution is -2.36. The molecule has 0 amide bonds. The molecule has 0 bridgehead atoms. The van der Waals surface area contributed by atoms with Crippen molar-refractivity contribution < 1.29 is 13.2 Å². The van der Waals surface area contributed by atoms with Gasteiger partial charge in [0, 0.05) is 12.0 Å². The van der Waals surface area contributed by atoms with Crippen LogP contribution in [0.4, 0.5) is 13.2 Å². The van der Waals surface area contributed by atoms with Gasteiger partial charge in [-0.25, -0.2) is 0 Å². The van der Waals surface area contributed by atoms with Crippen molar-refractivity contribution in [2.75, 3.05) is 6.54 Å². The highest BCUT2D eigenvalue weighted by atomic mass is 32.1. The van der Waals surface area contributed by atoms with Crippen LogP contribution in [0.2, 0.25) is 0 Å². The van der Waals surface area contributed by atoms with E-state index in [-0.39, 0.29) is 5.54 Å². The summed E-state index contributed by atoms with van der Waals surface area (Å²) in [4.78, 5) is 0. The standard InChI is InChI=1S/C10H16F3N3S/c1-9(2,3)14-6-4-5-7-15-16-8(17-7)10(11,12)13/h14H,4-6H2,1-3H3. The molecule has 1 N–H and O–H groups in total. The summed E-state index contributed by atoms with van der Waals surface area (Å²) in [6.45, 7) is 6.88. The number of hydrogen-bond donors (Lipinski definition) is 1. The normalized spacial score (nSPS) is 13.1. The second kappa shape index (κ2) is 5.30. The Balaban J connectivity index is 2.36. The second-order valence-corrected chi connectivity index (χ2v) is 5.84. The van der Waals surface area contributed by atoms with Gasteiger partial charge in [0.2, 0.25) is 5.01 Å². The molecule has 98 valence electrons. The van der Waals surface area contributed by atoms with Crippen molar-refractivity contribution in [1.82, 2.24) is 15.5 Å². The molecule has 0 atom stereocenters. The zero-order valence-electron chi connectivity index (χ0n) is 10.1. The lowest BCUT2D eigenvalue weighted by Gasteiger charge is -2.20. The molecule has 0 aromatic carbocycles. The van der Waals surface area contributed by atoms with Crippen molar-refractivity contribution in [2.45, 2.75) is 45.3 Å². The Kier molecular flexibility index (Phi) is 4.48. The minimum Gasteiger partial charge on any atom is -0.312 e. The van der Waals surface area contributed by atoms with Crippen LogP contribution in [0.1, 0.15) is 37.2 Å². The van der Waals surface area contributed by atoms with Crippen molar-refractivity contribution in [3.63, 3.8) is 0 Å². The number of halogens is 3. The van der Waals surface area contributed by atoms with Crippen molar-refractivity contribution in [2.24, 2.45) is 0 Å². The molecule has 0 aliphatic carbocycles. The Labute approximate surface area is 102 Å². The van der Waals surface area contributed by atoms with Crippen molar-refractivity contribution in [3.8, 4) is 0 Å². The molecule has 1 heterocycles. The summed E-state index contributed by atoms with van der Waals surface area (Å²) in [6.07, 6.45) is -3.10. The van der Waals surface area contributed by atoms with E-state index in [4.69, 9.17) is 0 Å². The Hall–Kier alpha value is -0.690. The van der Waals surface area contributed by atoms with Gasteiger partial charge < -0.3 is 5.32 Å². The fourth-order valence-corrected chi connectivity index (χ4v) is 1.92. The molecular formula is C10H16F3N3S. The third kappa shape index (κ3) is 5.45. The molecule has 0 spiro atoms. The number of alkyl halides is 3. The van der Waals surface area contributed by atoms with Gasteiger partial charge in [0.1, 0.15) is 5.01 Å². The van der Waals surface area contributed by atoms with Gasteiger partial charge in [-0.05, 0) is 33.7 Å². The van der Waals surface area contributed by atoms with Gasteiger partial charge in [-0.1, -0.05) is 11.3 Å². The Morgan fingerprint density at radius 1 is 1.18 bits per heavy atom. The quantitative estimate of drug-likeness (QED) is 0.852. The topological polar surface area (TPSA) is 37.8 Å². The maximum Gasteiger partial charge on any atom is 0.445 e. The molecule has 0 saturated carbocycles. The van der Waals surface area contributed by atoms with Crippen LogP contribution in [0.5, 0.6) is 0 Å².